The first-order valence-electron chi connectivity index (χ1n) is 12.5. The first kappa shape index (κ1) is 26.2. The fraction of sp³-hybridized carbons (Fsp3) is 0.560. The third kappa shape index (κ3) is 5.12. The number of esters is 2. The van der Waals surface area contributed by atoms with Gasteiger partial charge in [0.15, 0.2) is 0 Å². The molecule has 0 spiro atoms. The van der Waals surface area contributed by atoms with Gasteiger partial charge in [-0.1, -0.05) is 24.3 Å². The van der Waals surface area contributed by atoms with Crippen molar-refractivity contribution in [1.82, 2.24) is 19.0 Å². The molecule has 3 aliphatic rings. The van der Waals surface area contributed by atoms with Gasteiger partial charge in [0, 0.05) is 18.6 Å². The summed E-state index contributed by atoms with van der Waals surface area (Å²) in [7, 11) is 0. The molecule has 0 aliphatic carbocycles. The molecule has 0 radical (unpaired) electrons. The van der Waals surface area contributed by atoms with E-state index in [1.807, 2.05) is 12.1 Å². The second-order valence-electron chi connectivity index (χ2n) is 9.81. The molecule has 2 bridgehead atoms. The number of rotatable bonds is 9. The number of benzene rings is 1. The van der Waals surface area contributed by atoms with Crippen molar-refractivity contribution in [1.29, 1.82) is 0 Å². The van der Waals surface area contributed by atoms with Crippen LogP contribution in [0.25, 0.3) is 0 Å². The summed E-state index contributed by atoms with van der Waals surface area (Å²) in [5.74, 6) is -2.71. The summed E-state index contributed by atoms with van der Waals surface area (Å²) >= 11 is 0. The van der Waals surface area contributed by atoms with E-state index in [1.165, 1.54) is 6.92 Å². The molecule has 204 valence electrons. The van der Waals surface area contributed by atoms with Gasteiger partial charge in [-0.05, 0) is 43.7 Å². The van der Waals surface area contributed by atoms with Crippen molar-refractivity contribution in [2.45, 2.75) is 83.2 Å². The molecule has 3 aliphatic heterocycles. The molecular formula is C25H28F2N4O7. The second kappa shape index (κ2) is 10.7. The Morgan fingerprint density at radius 1 is 1.03 bits per heavy atom. The maximum Gasteiger partial charge on any atom is 0.422 e. The second-order valence-corrected chi connectivity index (χ2v) is 9.81. The number of aromatic nitrogens is 3. The lowest BCUT2D eigenvalue weighted by atomic mass is 9.99. The van der Waals surface area contributed by atoms with Crippen molar-refractivity contribution in [3.63, 3.8) is 0 Å². The van der Waals surface area contributed by atoms with Gasteiger partial charge in [-0.3, -0.25) is 4.90 Å². The predicted molar refractivity (Wildman–Crippen MR) is 126 cm³/mol. The molecule has 1 aromatic heterocycles. The summed E-state index contributed by atoms with van der Waals surface area (Å²) in [5.41, 5.74) is -0.525. The minimum absolute atomic E-state index is 0.0138. The third-order valence-electron chi connectivity index (χ3n) is 7.43. The number of ether oxygens (including phenoxy) is 3. The van der Waals surface area contributed by atoms with E-state index >= 15 is 4.39 Å². The third-order valence-corrected chi connectivity index (χ3v) is 7.43. The monoisotopic (exact) mass is 534 g/mol. The van der Waals surface area contributed by atoms with Crippen LogP contribution in [0.5, 0.6) is 0 Å². The highest BCUT2D eigenvalue weighted by Crippen LogP contribution is 2.37. The van der Waals surface area contributed by atoms with Crippen molar-refractivity contribution in [2.75, 3.05) is 6.54 Å². The first-order valence-corrected chi connectivity index (χ1v) is 12.5. The molecule has 0 saturated carbocycles. The number of nitrogens with zero attached hydrogens (tertiary/aromatic N) is 4. The minimum atomic E-state index is -1.70. The lowest BCUT2D eigenvalue weighted by Crippen LogP contribution is -2.50. The number of alkyl halides is 2. The number of aryl methyl sites for hydroxylation is 1. The molecule has 3 atom stereocenters. The minimum Gasteiger partial charge on any atom is -0.397 e. The van der Waals surface area contributed by atoms with Gasteiger partial charge in [0.25, 0.3) is 0 Å². The van der Waals surface area contributed by atoms with E-state index in [9.17, 15) is 23.6 Å². The molecule has 0 unspecified atom stereocenters. The zero-order valence-electron chi connectivity index (χ0n) is 20.8. The molecule has 0 N–H and O–H groups in total. The summed E-state index contributed by atoms with van der Waals surface area (Å²) in [6.07, 6.45) is -0.111. The molecule has 13 heteroatoms. The zero-order chi connectivity index (χ0) is 27.0. The average molecular weight is 535 g/mol. The lowest BCUT2D eigenvalue weighted by molar-refractivity contribution is -0.155. The highest BCUT2D eigenvalue weighted by atomic mass is 19.1. The van der Waals surface area contributed by atoms with Crippen LogP contribution in [-0.2, 0) is 43.6 Å². The van der Waals surface area contributed by atoms with Crippen LogP contribution >= 0.6 is 0 Å². The van der Waals surface area contributed by atoms with Gasteiger partial charge in [-0.15, -0.1) is 0 Å². The number of hydrogen-bond acceptors (Lipinski definition) is 9. The van der Waals surface area contributed by atoms with Crippen molar-refractivity contribution in [2.24, 2.45) is 0 Å². The maximum absolute atomic E-state index is 15.3. The van der Waals surface area contributed by atoms with Crippen LogP contribution < -0.4 is 11.4 Å². The van der Waals surface area contributed by atoms with E-state index in [0.29, 0.717) is 29.6 Å². The maximum atomic E-state index is 15.3. The average Bonchev–Trinajstić information content (AvgIpc) is 3.32. The number of piperidine rings is 1. The molecule has 11 nitrogen and oxygen atoms in total. The van der Waals surface area contributed by atoms with Crippen LogP contribution in [0.4, 0.5) is 8.78 Å². The number of hydrogen-bond donors (Lipinski definition) is 0. The lowest BCUT2D eigenvalue weighted by Gasteiger charge is -2.39. The fourth-order valence-electron chi connectivity index (χ4n) is 5.59. The Balaban J connectivity index is 1.22. The van der Waals surface area contributed by atoms with E-state index in [0.717, 1.165) is 23.0 Å². The van der Waals surface area contributed by atoms with Gasteiger partial charge >= 0.3 is 29.7 Å². The fourth-order valence-corrected chi connectivity index (χ4v) is 5.59. The zero-order valence-corrected chi connectivity index (χ0v) is 20.8. The van der Waals surface area contributed by atoms with Crippen molar-refractivity contribution < 1.29 is 32.6 Å². The standard InChI is InChI=1S/C25H28F2N4O7/c1-14-28-23(34)30(24(35)31(14)25-37-21(32)22(33)38-25)12-17(27)11-29-18-6-7-19(29)9-20(8-18)36-13-16-5-3-2-4-15(16)10-26/h2-5,17-20,25H,6-13H2,1H3/t17-,18-,19-/m1/s1. The Morgan fingerprint density at radius 2 is 1.66 bits per heavy atom. The number of cyclic esters (lactones) is 2. The van der Waals surface area contributed by atoms with Crippen LogP contribution in [0.1, 0.15) is 49.0 Å². The van der Waals surface area contributed by atoms with Crippen LogP contribution in [0.15, 0.2) is 33.9 Å². The molecule has 3 saturated heterocycles. The molecular weight excluding hydrogens is 506 g/mol. The van der Waals surface area contributed by atoms with Gasteiger partial charge in [0.2, 0.25) is 0 Å². The number of carbonyl (C=O) groups excluding carboxylic acids is 2. The smallest absolute Gasteiger partial charge is 0.397 e. The van der Waals surface area contributed by atoms with Gasteiger partial charge in [-0.2, -0.15) is 4.98 Å². The van der Waals surface area contributed by atoms with Crippen LogP contribution in [0, 0.1) is 6.92 Å². The Bertz CT molecular complexity index is 1320. The quantitative estimate of drug-likeness (QED) is 0.346. The van der Waals surface area contributed by atoms with Crippen LogP contribution in [-0.4, -0.2) is 61.9 Å². The van der Waals surface area contributed by atoms with E-state index < -0.39 is 49.1 Å². The van der Waals surface area contributed by atoms with E-state index in [-0.39, 0.29) is 30.6 Å². The van der Waals surface area contributed by atoms with E-state index in [1.54, 1.807) is 12.1 Å². The van der Waals surface area contributed by atoms with Gasteiger partial charge in [-0.25, -0.2) is 37.1 Å². The van der Waals surface area contributed by atoms with Crippen molar-refractivity contribution in [3.8, 4) is 0 Å². The Hall–Kier alpha value is -3.45. The van der Waals surface area contributed by atoms with Crippen molar-refractivity contribution in [3.05, 3.63) is 62.2 Å². The summed E-state index contributed by atoms with van der Waals surface area (Å²) in [4.78, 5) is 53.9. The molecule has 38 heavy (non-hydrogen) atoms. The largest absolute Gasteiger partial charge is 0.422 e. The topological polar surface area (TPSA) is 122 Å². The SMILES string of the molecule is Cc1nc(=O)n(C[C@H](F)CN2[C@@H]3CC[C@@H]2CC(OCc2ccccc2CF)C3)c(=O)n1C1OC(=O)C(=O)O1. The van der Waals surface area contributed by atoms with Gasteiger partial charge < -0.3 is 14.2 Å². The van der Waals surface area contributed by atoms with Gasteiger partial charge in [0.1, 0.15) is 18.7 Å². The van der Waals surface area contributed by atoms with Crippen LogP contribution in [0.3, 0.4) is 0 Å². The summed E-state index contributed by atoms with van der Waals surface area (Å²) in [5, 5.41) is 0. The predicted octanol–water partition coefficient (Wildman–Crippen LogP) is 1.29. The number of halogens is 2. The first-order chi connectivity index (χ1) is 18.2. The van der Waals surface area contributed by atoms with E-state index in [2.05, 4.69) is 9.88 Å². The molecule has 5 rings (SSSR count). The molecule has 4 heterocycles. The Morgan fingerprint density at radius 3 is 2.29 bits per heavy atom. The summed E-state index contributed by atoms with van der Waals surface area (Å²) in [6, 6.07) is 7.41. The normalized spacial score (nSPS) is 24.4. The van der Waals surface area contributed by atoms with Crippen molar-refractivity contribution >= 4 is 11.9 Å². The molecule has 0 amide bonds. The van der Waals surface area contributed by atoms with E-state index in [4.69, 9.17) is 14.2 Å². The Labute approximate surface area is 215 Å². The number of fused-ring (bicyclic) bond motifs is 2. The van der Waals surface area contributed by atoms with Gasteiger partial charge in [0.05, 0.1) is 19.3 Å². The summed E-state index contributed by atoms with van der Waals surface area (Å²) in [6.45, 7) is 0.523. The summed E-state index contributed by atoms with van der Waals surface area (Å²) < 4.78 is 45.4. The Kier molecular flexibility index (Phi) is 7.39. The molecule has 1 aromatic carbocycles. The molecule has 2 aromatic rings. The molecule has 3 fully saturated rings. The van der Waals surface area contributed by atoms with Crippen LogP contribution in [0.2, 0.25) is 0 Å². The highest BCUT2D eigenvalue weighted by Gasteiger charge is 2.42. The number of carbonyl (C=O) groups is 2. The highest BCUT2D eigenvalue weighted by molar-refractivity contribution is 6.30.